The lowest BCUT2D eigenvalue weighted by Gasteiger charge is -2.34. The van der Waals surface area contributed by atoms with Crippen LogP contribution in [-0.4, -0.2) is 88.5 Å². The van der Waals surface area contributed by atoms with Gasteiger partial charge in [0, 0.05) is 0 Å². The molecule has 0 atom stereocenters. The molecular formula is C34H70ClN2O4+. The highest BCUT2D eigenvalue weighted by Gasteiger charge is 2.28. The van der Waals surface area contributed by atoms with Crippen LogP contribution < -0.4 is 12.4 Å². The maximum Gasteiger partial charge on any atom is 0.361 e. The molecule has 0 rings (SSSR count). The van der Waals surface area contributed by atoms with E-state index in [2.05, 4.69) is 42.0 Å². The molecule has 0 unspecified atom stereocenters. The Kier molecular flexibility index (Phi) is 28.8. The number of quaternary nitrogens is 2. The van der Waals surface area contributed by atoms with E-state index in [0.29, 0.717) is 35.3 Å². The van der Waals surface area contributed by atoms with Gasteiger partial charge < -0.3 is 30.8 Å². The van der Waals surface area contributed by atoms with Crippen molar-refractivity contribution in [2.75, 3.05) is 67.6 Å². The van der Waals surface area contributed by atoms with Crippen LogP contribution in [0.2, 0.25) is 0 Å². The Morgan fingerprint density at radius 1 is 0.439 bits per heavy atom. The van der Waals surface area contributed by atoms with E-state index in [9.17, 15) is 9.59 Å². The number of halogens is 1. The van der Waals surface area contributed by atoms with Gasteiger partial charge in [-0.2, -0.15) is 0 Å². The minimum absolute atomic E-state index is 0. The van der Waals surface area contributed by atoms with Gasteiger partial charge in [-0.1, -0.05) is 129 Å². The van der Waals surface area contributed by atoms with Crippen molar-refractivity contribution in [2.45, 2.75) is 142 Å². The number of carbonyl (C=O) groups excluding carboxylic acids is 2. The number of carbonyl (C=O) groups is 2. The Hall–Kier alpha value is -0.850. The summed E-state index contributed by atoms with van der Waals surface area (Å²) in [7, 11) is 8.24. The van der Waals surface area contributed by atoms with Crippen LogP contribution in [-0.2, 0) is 19.1 Å². The van der Waals surface area contributed by atoms with Gasteiger partial charge in [-0.05, 0) is 12.8 Å². The highest BCUT2D eigenvalue weighted by molar-refractivity contribution is 5.70. The molecule has 0 radical (unpaired) electrons. The molecule has 6 nitrogen and oxygen atoms in total. The molecule has 0 spiro atoms. The summed E-state index contributed by atoms with van der Waals surface area (Å²) in [5, 5.41) is 0. The fraction of sp³-hybridized carbons (Fsp3) is 0.941. The summed E-state index contributed by atoms with van der Waals surface area (Å²) in [6.45, 7) is 7.89. The first kappa shape index (κ1) is 42.3. The third kappa shape index (κ3) is 30.4. The lowest BCUT2D eigenvalue weighted by Crippen LogP contribution is -3.00. The summed E-state index contributed by atoms with van der Waals surface area (Å²) in [4.78, 5) is 24.8. The van der Waals surface area contributed by atoms with Crippen LogP contribution in [0.3, 0.4) is 0 Å². The Balaban J connectivity index is 0. The number of esters is 2. The normalized spacial score (nSPS) is 11.8. The zero-order valence-electron chi connectivity index (χ0n) is 28.3. The standard InChI is InChI=1S/C34H70N2O4.ClH/c1-7-9-11-13-15-17-19-21-23-25-29-39-33(37)31-35(3,4)27-28-36(5,6)32-34(38)40-30-26-24-22-20-18-16-14-12-10-8-2;/h7-32H2,1-6H3;1H/q+2;/p-1. The number of ether oxygens (including phenoxy) is 2. The van der Waals surface area contributed by atoms with Gasteiger partial charge in [-0.3, -0.25) is 0 Å². The molecule has 0 aliphatic carbocycles. The average Bonchev–Trinajstić information content (AvgIpc) is 2.89. The van der Waals surface area contributed by atoms with E-state index >= 15 is 0 Å². The first-order valence-electron chi connectivity index (χ1n) is 17.1. The van der Waals surface area contributed by atoms with Crippen LogP contribution in [0, 0.1) is 0 Å². The predicted molar refractivity (Wildman–Crippen MR) is 169 cm³/mol. The molecule has 0 saturated carbocycles. The number of hydrogen-bond acceptors (Lipinski definition) is 4. The molecule has 0 fully saturated rings. The maximum atomic E-state index is 12.4. The largest absolute Gasteiger partial charge is 1.00 e. The van der Waals surface area contributed by atoms with E-state index in [4.69, 9.17) is 9.47 Å². The zero-order valence-corrected chi connectivity index (χ0v) is 29.0. The molecule has 0 aromatic rings. The minimum atomic E-state index is -0.123. The number of unbranched alkanes of at least 4 members (excludes halogenated alkanes) is 18. The number of hydrogen-bond donors (Lipinski definition) is 0. The lowest BCUT2D eigenvalue weighted by atomic mass is 10.1. The van der Waals surface area contributed by atoms with Crippen molar-refractivity contribution in [2.24, 2.45) is 0 Å². The highest BCUT2D eigenvalue weighted by Crippen LogP contribution is 2.12. The summed E-state index contributed by atoms with van der Waals surface area (Å²) in [5.74, 6) is -0.246. The monoisotopic (exact) mass is 606 g/mol. The summed E-state index contributed by atoms with van der Waals surface area (Å²) in [6.07, 6.45) is 25.5. The Morgan fingerprint density at radius 3 is 0.951 bits per heavy atom. The Labute approximate surface area is 261 Å². The molecule has 0 amide bonds. The van der Waals surface area contributed by atoms with Gasteiger partial charge in [-0.25, -0.2) is 9.59 Å². The van der Waals surface area contributed by atoms with Crippen molar-refractivity contribution in [1.29, 1.82) is 0 Å². The average molecular weight is 606 g/mol. The van der Waals surface area contributed by atoms with Gasteiger partial charge >= 0.3 is 11.9 Å². The molecule has 0 bridgehead atoms. The third-order valence-corrected chi connectivity index (χ3v) is 7.95. The van der Waals surface area contributed by atoms with Crippen molar-refractivity contribution in [3.8, 4) is 0 Å². The second kappa shape index (κ2) is 28.0. The van der Waals surface area contributed by atoms with Gasteiger partial charge in [0.2, 0.25) is 0 Å². The van der Waals surface area contributed by atoms with Crippen molar-refractivity contribution < 1.29 is 40.4 Å². The van der Waals surface area contributed by atoms with Gasteiger partial charge in [-0.15, -0.1) is 0 Å². The second-order valence-corrected chi connectivity index (χ2v) is 13.4. The van der Waals surface area contributed by atoms with Gasteiger partial charge in [0.05, 0.1) is 41.4 Å². The topological polar surface area (TPSA) is 52.6 Å². The molecule has 0 aromatic heterocycles. The molecule has 0 aliphatic heterocycles. The lowest BCUT2D eigenvalue weighted by molar-refractivity contribution is -0.939. The van der Waals surface area contributed by atoms with E-state index in [-0.39, 0.29) is 24.3 Å². The van der Waals surface area contributed by atoms with Crippen LogP contribution in [0.1, 0.15) is 142 Å². The van der Waals surface area contributed by atoms with Crippen molar-refractivity contribution in [3.05, 3.63) is 0 Å². The Bertz CT molecular complexity index is 562. The first-order chi connectivity index (χ1) is 19.1. The van der Waals surface area contributed by atoms with E-state index in [1.165, 1.54) is 103 Å². The SMILES string of the molecule is CCCCCCCCCCCCOC(=O)C[N+](C)(C)CC[N+](C)(C)CC(=O)OCCCCCCCCCCCC.[Cl-]. The molecule has 0 aromatic carbocycles. The molecule has 7 heteroatoms. The van der Waals surface area contributed by atoms with Crippen LogP contribution in [0.25, 0.3) is 0 Å². The quantitative estimate of drug-likeness (QED) is 0.0679. The summed E-state index contributed by atoms with van der Waals surface area (Å²) < 4.78 is 12.2. The highest BCUT2D eigenvalue weighted by atomic mass is 35.5. The molecule has 41 heavy (non-hydrogen) atoms. The van der Waals surface area contributed by atoms with Crippen molar-refractivity contribution in [3.63, 3.8) is 0 Å². The number of likely N-dealkylation sites (N-methyl/N-ethyl adjacent to an activating group) is 2. The van der Waals surface area contributed by atoms with Gasteiger partial charge in [0.15, 0.2) is 13.1 Å². The molecule has 246 valence electrons. The van der Waals surface area contributed by atoms with Crippen LogP contribution in [0.4, 0.5) is 0 Å². The van der Waals surface area contributed by atoms with Crippen molar-refractivity contribution in [1.82, 2.24) is 0 Å². The second-order valence-electron chi connectivity index (χ2n) is 13.4. The van der Waals surface area contributed by atoms with E-state index in [1.54, 1.807) is 0 Å². The summed E-state index contributed by atoms with van der Waals surface area (Å²) >= 11 is 0. The van der Waals surface area contributed by atoms with Crippen molar-refractivity contribution >= 4 is 11.9 Å². The molecular weight excluding hydrogens is 536 g/mol. The van der Waals surface area contributed by atoms with E-state index < -0.39 is 0 Å². The minimum Gasteiger partial charge on any atom is -1.00 e. The van der Waals surface area contributed by atoms with Gasteiger partial charge in [0.1, 0.15) is 13.1 Å². The zero-order chi connectivity index (χ0) is 30.0. The number of rotatable bonds is 29. The summed E-state index contributed by atoms with van der Waals surface area (Å²) in [5.41, 5.74) is 0. The fourth-order valence-corrected chi connectivity index (χ4v) is 5.04. The van der Waals surface area contributed by atoms with Crippen LogP contribution in [0.5, 0.6) is 0 Å². The first-order valence-corrected chi connectivity index (χ1v) is 17.1. The Morgan fingerprint density at radius 2 is 0.683 bits per heavy atom. The van der Waals surface area contributed by atoms with Gasteiger partial charge in [0.25, 0.3) is 0 Å². The number of nitrogens with zero attached hydrogens (tertiary/aromatic N) is 2. The third-order valence-electron chi connectivity index (χ3n) is 7.95. The molecule has 0 heterocycles. The fourth-order valence-electron chi connectivity index (χ4n) is 5.04. The predicted octanol–water partition coefficient (Wildman–Crippen LogP) is 5.07. The molecule has 0 saturated heterocycles. The molecule has 0 N–H and O–H groups in total. The van der Waals surface area contributed by atoms with Crippen LogP contribution in [0.15, 0.2) is 0 Å². The summed E-state index contributed by atoms with van der Waals surface area (Å²) in [6, 6.07) is 0. The van der Waals surface area contributed by atoms with E-state index in [1.807, 2.05) is 0 Å². The smallest absolute Gasteiger partial charge is 0.361 e. The molecule has 0 aliphatic rings. The van der Waals surface area contributed by atoms with E-state index in [0.717, 1.165) is 38.8 Å². The maximum absolute atomic E-state index is 12.4. The van der Waals surface area contributed by atoms with Crippen LogP contribution >= 0.6 is 0 Å².